The summed E-state index contributed by atoms with van der Waals surface area (Å²) >= 11 is 0. The average molecular weight is 75.1 g/mol. The minimum absolute atomic E-state index is 1.11. The second-order valence-electron chi connectivity index (χ2n) is 0.644. The highest BCUT2D eigenvalue weighted by Gasteiger charge is 1.57. The van der Waals surface area contributed by atoms with E-state index in [1.165, 1.54) is 0 Å². The van der Waals surface area contributed by atoms with Crippen LogP contribution in [0, 0.1) is 6.42 Å². The molecule has 0 saturated carbocycles. The lowest BCUT2D eigenvalue weighted by atomic mass is 10.6. The lowest BCUT2D eigenvalue weighted by Gasteiger charge is -1.67. The summed E-state index contributed by atoms with van der Waals surface area (Å²) in [6.07, 6.45) is 3.20. The first-order chi connectivity index (χ1) is 1.91. The van der Waals surface area contributed by atoms with Gasteiger partial charge in [0.2, 0.25) is 0 Å². The van der Waals surface area contributed by atoms with Crippen LogP contribution in [0.3, 0.4) is 0 Å². The van der Waals surface area contributed by atoms with Gasteiger partial charge in [-0.3, -0.25) is 0 Å². The van der Waals surface area contributed by atoms with E-state index in [2.05, 4.69) is 15.7 Å². The molecule has 0 nitrogen and oxygen atoms in total. The normalized spacial score (nSPS) is 7.50. The third kappa shape index (κ3) is 2.43. The molecule has 1 atom stereocenters. The zero-order valence-electron chi connectivity index (χ0n) is 2.86. The molecule has 0 bridgehead atoms. The maximum absolute atomic E-state index is 2.60. The third-order valence-corrected chi connectivity index (χ3v) is 0.707. The average Bonchev–Trinajstić information content (AvgIpc) is 1.37. The molecule has 0 aromatic heterocycles. The van der Waals surface area contributed by atoms with Crippen molar-refractivity contribution >= 4 is 9.24 Å². The maximum atomic E-state index is 2.60. The SMILES string of the molecule is C[CH]CP. The van der Waals surface area contributed by atoms with Crippen LogP contribution >= 0.6 is 9.24 Å². The van der Waals surface area contributed by atoms with Gasteiger partial charge in [-0.1, -0.05) is 6.92 Å². The van der Waals surface area contributed by atoms with Gasteiger partial charge in [0.25, 0.3) is 0 Å². The first kappa shape index (κ1) is 4.43. The standard InChI is InChI=1S/C3H8P/c1-2-3-4/h2H,3-4H2,1H3. The van der Waals surface area contributed by atoms with Crippen LogP contribution in [0.15, 0.2) is 0 Å². The van der Waals surface area contributed by atoms with Gasteiger partial charge in [0.15, 0.2) is 0 Å². The van der Waals surface area contributed by atoms with Gasteiger partial charge in [-0.2, -0.15) is 0 Å². The van der Waals surface area contributed by atoms with E-state index in [1.54, 1.807) is 0 Å². The first-order valence-corrected chi connectivity index (χ1v) is 2.21. The molecule has 0 aromatic rings. The first-order valence-electron chi connectivity index (χ1n) is 1.39. The molecular weight excluding hydrogens is 67.0 g/mol. The highest BCUT2D eigenvalue weighted by molar-refractivity contribution is 7.16. The molecule has 0 rings (SSSR count). The van der Waals surface area contributed by atoms with Crippen molar-refractivity contribution in [1.29, 1.82) is 0 Å². The topological polar surface area (TPSA) is 0 Å². The molecule has 0 N–H and O–H groups in total. The van der Waals surface area contributed by atoms with E-state index in [4.69, 9.17) is 0 Å². The van der Waals surface area contributed by atoms with E-state index < -0.39 is 0 Å². The molecule has 1 unspecified atom stereocenters. The monoisotopic (exact) mass is 75.0 g/mol. The largest absolute Gasteiger partial charge is 0.137 e. The predicted octanol–water partition coefficient (Wildman–Crippen LogP) is 1.09. The zero-order chi connectivity index (χ0) is 3.41. The summed E-state index contributed by atoms with van der Waals surface area (Å²) in [6, 6.07) is 0. The van der Waals surface area contributed by atoms with Crippen LogP contribution in [-0.4, -0.2) is 6.16 Å². The van der Waals surface area contributed by atoms with E-state index in [0.717, 1.165) is 6.16 Å². The Balaban J connectivity index is 1.97. The summed E-state index contributed by atoms with van der Waals surface area (Å²) in [5.74, 6) is 0. The van der Waals surface area contributed by atoms with Crippen LogP contribution in [0.4, 0.5) is 0 Å². The Kier molecular flexibility index (Phi) is 3.80. The molecule has 4 heavy (non-hydrogen) atoms. The van der Waals surface area contributed by atoms with Crippen LogP contribution in [0.2, 0.25) is 0 Å². The van der Waals surface area contributed by atoms with E-state index in [-0.39, 0.29) is 0 Å². The van der Waals surface area contributed by atoms with Gasteiger partial charge in [-0.05, 0) is 12.6 Å². The van der Waals surface area contributed by atoms with E-state index in [0.29, 0.717) is 0 Å². The van der Waals surface area contributed by atoms with Crippen LogP contribution in [0.1, 0.15) is 6.92 Å². The molecule has 0 fully saturated rings. The van der Waals surface area contributed by atoms with Crippen LogP contribution in [-0.2, 0) is 0 Å². The van der Waals surface area contributed by atoms with Gasteiger partial charge in [0.05, 0.1) is 0 Å². The Morgan fingerprint density at radius 3 is 2.25 bits per heavy atom. The fourth-order valence-corrected chi connectivity index (χ4v) is 0. The van der Waals surface area contributed by atoms with E-state index in [1.807, 2.05) is 6.92 Å². The molecule has 1 radical (unpaired) electrons. The summed E-state index contributed by atoms with van der Waals surface area (Å²) in [5, 5.41) is 0. The Morgan fingerprint density at radius 1 is 2.00 bits per heavy atom. The van der Waals surface area contributed by atoms with Crippen LogP contribution in [0.5, 0.6) is 0 Å². The van der Waals surface area contributed by atoms with Crippen molar-refractivity contribution in [2.45, 2.75) is 6.92 Å². The lowest BCUT2D eigenvalue weighted by Crippen LogP contribution is -1.56. The molecule has 0 aromatic carbocycles. The van der Waals surface area contributed by atoms with Gasteiger partial charge >= 0.3 is 0 Å². The van der Waals surface area contributed by atoms with Gasteiger partial charge < -0.3 is 0 Å². The smallest absolute Gasteiger partial charge is 0.0353 e. The number of hydrogen-bond donors (Lipinski definition) is 0. The molecule has 0 aliphatic carbocycles. The number of rotatable bonds is 1. The minimum atomic E-state index is 1.11. The number of hydrogen-bond acceptors (Lipinski definition) is 0. The Bertz CT molecular complexity index is 5.25. The van der Waals surface area contributed by atoms with Crippen molar-refractivity contribution in [2.24, 2.45) is 0 Å². The van der Waals surface area contributed by atoms with Crippen molar-refractivity contribution in [1.82, 2.24) is 0 Å². The van der Waals surface area contributed by atoms with Gasteiger partial charge in [-0.25, -0.2) is 0 Å². The molecule has 0 heterocycles. The summed E-state index contributed by atoms with van der Waals surface area (Å²) in [7, 11) is 2.60. The molecule has 0 amide bonds. The van der Waals surface area contributed by atoms with Crippen molar-refractivity contribution in [3.05, 3.63) is 6.42 Å². The lowest BCUT2D eigenvalue weighted by molar-refractivity contribution is 1.43. The molecule has 25 valence electrons. The fourth-order valence-electron chi connectivity index (χ4n) is 0. The van der Waals surface area contributed by atoms with Crippen LogP contribution in [0.25, 0.3) is 0 Å². The van der Waals surface area contributed by atoms with Crippen molar-refractivity contribution in [3.8, 4) is 0 Å². The molecule has 1 heteroatoms. The zero-order valence-corrected chi connectivity index (χ0v) is 4.02. The molecule has 0 saturated heterocycles. The molecule has 0 spiro atoms. The van der Waals surface area contributed by atoms with Crippen LogP contribution < -0.4 is 0 Å². The minimum Gasteiger partial charge on any atom is -0.137 e. The Hall–Kier alpha value is 0.430. The molecular formula is C3H8P. The summed E-state index contributed by atoms with van der Waals surface area (Å²) in [5.41, 5.74) is 0. The highest BCUT2D eigenvalue weighted by atomic mass is 31.0. The summed E-state index contributed by atoms with van der Waals surface area (Å²) in [4.78, 5) is 0. The second-order valence-corrected chi connectivity index (χ2v) is 1.12. The quantitative estimate of drug-likeness (QED) is 0.409. The fraction of sp³-hybridized carbons (Fsp3) is 0.667. The highest BCUT2D eigenvalue weighted by Crippen LogP contribution is 1.79. The summed E-state index contributed by atoms with van der Waals surface area (Å²) in [6.45, 7) is 2.03. The molecule has 0 aliphatic rings. The van der Waals surface area contributed by atoms with E-state index >= 15 is 0 Å². The third-order valence-electron chi connectivity index (χ3n) is 0.236. The second kappa shape index (κ2) is 3.43. The molecule has 0 aliphatic heterocycles. The van der Waals surface area contributed by atoms with E-state index in [9.17, 15) is 0 Å². The van der Waals surface area contributed by atoms with Gasteiger partial charge in [-0.15, -0.1) is 9.24 Å². The van der Waals surface area contributed by atoms with Gasteiger partial charge in [0.1, 0.15) is 0 Å². The van der Waals surface area contributed by atoms with Crippen molar-refractivity contribution in [3.63, 3.8) is 0 Å². The Labute approximate surface area is 29.8 Å². The van der Waals surface area contributed by atoms with Crippen molar-refractivity contribution < 1.29 is 0 Å². The maximum Gasteiger partial charge on any atom is -0.0353 e. The van der Waals surface area contributed by atoms with Crippen molar-refractivity contribution in [2.75, 3.05) is 6.16 Å². The van der Waals surface area contributed by atoms with Gasteiger partial charge in [0, 0.05) is 0 Å². The summed E-state index contributed by atoms with van der Waals surface area (Å²) < 4.78 is 0. The Morgan fingerprint density at radius 2 is 2.25 bits per heavy atom. The predicted molar refractivity (Wildman–Crippen MR) is 24.6 cm³/mol.